The van der Waals surface area contributed by atoms with Crippen LogP contribution in [-0.2, 0) is 0 Å². The van der Waals surface area contributed by atoms with Crippen LogP contribution in [0.1, 0.15) is 35.2 Å². The maximum Gasteiger partial charge on any atom is 0.124 e. The fourth-order valence-corrected chi connectivity index (χ4v) is 2.99. The van der Waals surface area contributed by atoms with Crippen LogP contribution in [0.2, 0.25) is 0 Å². The minimum absolute atomic E-state index is 0.0647. The SMILES string of the molecule is CCNC(c1ccc(F)cc1Br)c1cccc(C)c1C. The highest BCUT2D eigenvalue weighted by Crippen LogP contribution is 2.31. The van der Waals surface area contributed by atoms with Gasteiger partial charge in [0.2, 0.25) is 0 Å². The summed E-state index contributed by atoms with van der Waals surface area (Å²) in [5.74, 6) is -0.225. The molecule has 0 aliphatic carbocycles. The van der Waals surface area contributed by atoms with Crippen LogP contribution in [0, 0.1) is 19.7 Å². The van der Waals surface area contributed by atoms with Crippen molar-refractivity contribution in [3.05, 3.63) is 68.9 Å². The summed E-state index contributed by atoms with van der Waals surface area (Å²) in [6.07, 6.45) is 0. The van der Waals surface area contributed by atoms with Crippen LogP contribution in [0.4, 0.5) is 4.39 Å². The van der Waals surface area contributed by atoms with Crippen LogP contribution in [-0.4, -0.2) is 6.54 Å². The molecule has 2 aromatic rings. The number of rotatable bonds is 4. The topological polar surface area (TPSA) is 12.0 Å². The number of nitrogens with one attached hydrogen (secondary N) is 1. The summed E-state index contributed by atoms with van der Waals surface area (Å²) in [6.45, 7) is 7.17. The van der Waals surface area contributed by atoms with E-state index < -0.39 is 0 Å². The summed E-state index contributed by atoms with van der Waals surface area (Å²) in [5, 5.41) is 3.49. The van der Waals surface area contributed by atoms with Crippen LogP contribution < -0.4 is 5.32 Å². The minimum atomic E-state index is -0.225. The highest BCUT2D eigenvalue weighted by atomic mass is 79.9. The molecule has 0 heterocycles. The Labute approximate surface area is 128 Å². The molecule has 0 aliphatic rings. The van der Waals surface area contributed by atoms with E-state index in [2.05, 4.69) is 60.2 Å². The molecule has 20 heavy (non-hydrogen) atoms. The molecule has 0 amide bonds. The number of hydrogen-bond donors (Lipinski definition) is 1. The molecule has 0 saturated carbocycles. The van der Waals surface area contributed by atoms with Crippen LogP contribution in [0.3, 0.4) is 0 Å². The lowest BCUT2D eigenvalue weighted by Gasteiger charge is -2.23. The monoisotopic (exact) mass is 335 g/mol. The van der Waals surface area contributed by atoms with E-state index >= 15 is 0 Å². The highest BCUT2D eigenvalue weighted by molar-refractivity contribution is 9.10. The molecular formula is C17H19BrFN. The van der Waals surface area contributed by atoms with Gasteiger partial charge in [-0.25, -0.2) is 4.39 Å². The molecule has 1 unspecified atom stereocenters. The van der Waals surface area contributed by atoms with E-state index in [-0.39, 0.29) is 11.9 Å². The molecule has 0 bridgehead atoms. The van der Waals surface area contributed by atoms with Gasteiger partial charge in [0.05, 0.1) is 6.04 Å². The van der Waals surface area contributed by atoms with Crippen molar-refractivity contribution in [3.63, 3.8) is 0 Å². The van der Waals surface area contributed by atoms with Crippen molar-refractivity contribution in [2.45, 2.75) is 26.8 Å². The zero-order valence-corrected chi connectivity index (χ0v) is 13.6. The fraction of sp³-hybridized carbons (Fsp3) is 0.294. The Hall–Kier alpha value is -1.19. The van der Waals surface area contributed by atoms with Crippen molar-refractivity contribution in [3.8, 4) is 0 Å². The fourth-order valence-electron chi connectivity index (χ4n) is 2.41. The Morgan fingerprint density at radius 1 is 1.15 bits per heavy atom. The number of aryl methyl sites for hydroxylation is 1. The zero-order chi connectivity index (χ0) is 14.7. The maximum atomic E-state index is 13.3. The van der Waals surface area contributed by atoms with Gasteiger partial charge in [0.15, 0.2) is 0 Å². The Morgan fingerprint density at radius 2 is 1.90 bits per heavy atom. The van der Waals surface area contributed by atoms with Crippen LogP contribution in [0.15, 0.2) is 40.9 Å². The summed E-state index contributed by atoms with van der Waals surface area (Å²) in [5.41, 5.74) is 4.83. The third kappa shape index (κ3) is 3.10. The van der Waals surface area contributed by atoms with Crippen LogP contribution in [0.5, 0.6) is 0 Å². The number of halogens is 2. The molecule has 1 nitrogen and oxygen atoms in total. The first-order chi connectivity index (χ1) is 9.54. The van der Waals surface area contributed by atoms with E-state index in [9.17, 15) is 4.39 Å². The van der Waals surface area contributed by atoms with Gasteiger partial charge < -0.3 is 5.32 Å². The lowest BCUT2D eigenvalue weighted by molar-refractivity contribution is 0.609. The number of benzene rings is 2. The van der Waals surface area contributed by atoms with Gasteiger partial charge in [-0.3, -0.25) is 0 Å². The summed E-state index contributed by atoms with van der Waals surface area (Å²) >= 11 is 3.48. The van der Waals surface area contributed by atoms with Gasteiger partial charge in [0.25, 0.3) is 0 Å². The van der Waals surface area contributed by atoms with Gasteiger partial charge >= 0.3 is 0 Å². The summed E-state index contributed by atoms with van der Waals surface area (Å²) in [7, 11) is 0. The van der Waals surface area contributed by atoms with E-state index in [0.29, 0.717) is 0 Å². The average molecular weight is 336 g/mol. The van der Waals surface area contributed by atoms with Crippen LogP contribution >= 0.6 is 15.9 Å². The number of hydrogen-bond acceptors (Lipinski definition) is 1. The molecule has 2 aromatic carbocycles. The first kappa shape index (κ1) is 15.2. The Balaban J connectivity index is 2.53. The molecule has 1 atom stereocenters. The van der Waals surface area contributed by atoms with Crippen molar-refractivity contribution in [1.29, 1.82) is 0 Å². The van der Waals surface area contributed by atoms with Gasteiger partial charge in [0, 0.05) is 4.47 Å². The predicted molar refractivity (Wildman–Crippen MR) is 85.5 cm³/mol. The molecule has 0 fully saturated rings. The highest BCUT2D eigenvalue weighted by Gasteiger charge is 2.18. The lowest BCUT2D eigenvalue weighted by Crippen LogP contribution is -2.23. The van der Waals surface area contributed by atoms with Crippen molar-refractivity contribution in [2.75, 3.05) is 6.54 Å². The van der Waals surface area contributed by atoms with E-state index in [1.807, 2.05) is 6.07 Å². The molecule has 3 heteroatoms. The summed E-state index contributed by atoms with van der Waals surface area (Å²) in [6, 6.07) is 11.2. The Kier molecular flexibility index (Phi) is 4.95. The van der Waals surface area contributed by atoms with Crippen molar-refractivity contribution in [2.24, 2.45) is 0 Å². The van der Waals surface area contributed by atoms with E-state index in [0.717, 1.165) is 16.6 Å². The summed E-state index contributed by atoms with van der Waals surface area (Å²) < 4.78 is 14.1. The smallest absolute Gasteiger partial charge is 0.124 e. The van der Waals surface area contributed by atoms with Gasteiger partial charge in [-0.15, -0.1) is 0 Å². The molecule has 0 saturated heterocycles. The first-order valence-corrected chi connectivity index (χ1v) is 7.58. The summed E-state index contributed by atoms with van der Waals surface area (Å²) in [4.78, 5) is 0. The Bertz CT molecular complexity index is 610. The average Bonchev–Trinajstić information content (AvgIpc) is 2.40. The largest absolute Gasteiger partial charge is 0.306 e. The molecule has 0 radical (unpaired) electrons. The van der Waals surface area contributed by atoms with E-state index in [4.69, 9.17) is 0 Å². The Morgan fingerprint density at radius 3 is 2.55 bits per heavy atom. The molecule has 1 N–H and O–H groups in total. The second-order valence-corrected chi connectivity index (χ2v) is 5.80. The predicted octanol–water partition coefficient (Wildman–Crippen LogP) is 4.90. The molecular weight excluding hydrogens is 317 g/mol. The molecule has 0 aromatic heterocycles. The molecule has 0 spiro atoms. The minimum Gasteiger partial charge on any atom is -0.306 e. The molecule has 0 aliphatic heterocycles. The first-order valence-electron chi connectivity index (χ1n) is 6.79. The lowest BCUT2D eigenvalue weighted by atomic mass is 9.92. The second-order valence-electron chi connectivity index (χ2n) is 4.95. The van der Waals surface area contributed by atoms with Crippen molar-refractivity contribution >= 4 is 15.9 Å². The maximum absolute atomic E-state index is 13.3. The third-order valence-corrected chi connectivity index (χ3v) is 4.33. The van der Waals surface area contributed by atoms with Gasteiger partial charge in [-0.05, 0) is 54.8 Å². The van der Waals surface area contributed by atoms with E-state index in [1.54, 1.807) is 0 Å². The van der Waals surface area contributed by atoms with Gasteiger partial charge in [-0.2, -0.15) is 0 Å². The van der Waals surface area contributed by atoms with Gasteiger partial charge in [-0.1, -0.05) is 47.1 Å². The molecule has 106 valence electrons. The third-order valence-electron chi connectivity index (χ3n) is 3.64. The van der Waals surface area contributed by atoms with Crippen molar-refractivity contribution in [1.82, 2.24) is 5.32 Å². The zero-order valence-electron chi connectivity index (χ0n) is 12.0. The quantitative estimate of drug-likeness (QED) is 0.837. The van der Waals surface area contributed by atoms with Gasteiger partial charge in [0.1, 0.15) is 5.82 Å². The normalized spacial score (nSPS) is 12.4. The second kappa shape index (κ2) is 6.51. The van der Waals surface area contributed by atoms with E-state index in [1.165, 1.54) is 28.8 Å². The van der Waals surface area contributed by atoms with Crippen molar-refractivity contribution < 1.29 is 4.39 Å². The standard InChI is InChI=1S/C17H19BrFN/c1-4-20-17(14-7-5-6-11(2)12(14)3)15-9-8-13(19)10-16(15)18/h5-10,17,20H,4H2,1-3H3. The van der Waals surface area contributed by atoms with Crippen LogP contribution in [0.25, 0.3) is 0 Å². The molecule has 2 rings (SSSR count).